The second-order valence-corrected chi connectivity index (χ2v) is 18.4. The van der Waals surface area contributed by atoms with Gasteiger partial charge in [0.05, 0.1) is 24.9 Å². The quantitative estimate of drug-likeness (QED) is 0.0510. The maximum Gasteiger partial charge on any atom is 0.318 e. The summed E-state index contributed by atoms with van der Waals surface area (Å²) in [6, 6.07) is 0.0427. The highest BCUT2D eigenvalue weighted by molar-refractivity contribution is 5.87. The Bertz CT molecular complexity index is 1290. The summed E-state index contributed by atoms with van der Waals surface area (Å²) < 4.78 is 19.5. The standard InChI is InChI=1S/C45H82N6O7/c1-3-38-22-16-17-26-43(58-38)33-36-24-28-45(55)40(44(27-19-21-35(2)57-44)49-42(48-43)51(36)45)41(54)56-32-18-14-12-10-8-6-4-5-7-9-11-13-15-23-39(53)50(31-20-29-46)34-37(52)25-30-47/h35-38,40,52,55H,3-34,46-47H2,1-2H3,(H,48,49)/t35-,36+,37+,38+,40-,43+,44-,45+/m1/s1. The molecule has 0 radical (unpaired) electrons. The van der Waals surface area contributed by atoms with Crippen molar-refractivity contribution in [2.75, 3.05) is 32.8 Å². The number of hydrogen-bond acceptors (Lipinski definition) is 12. The van der Waals surface area contributed by atoms with Crippen LogP contribution in [0.3, 0.4) is 0 Å². The van der Waals surface area contributed by atoms with Gasteiger partial charge in [-0.05, 0) is 103 Å². The first-order chi connectivity index (χ1) is 28.1. The molecule has 5 aliphatic rings. The van der Waals surface area contributed by atoms with Crippen LogP contribution in [0.5, 0.6) is 0 Å². The normalized spacial score (nSPS) is 31.1. The van der Waals surface area contributed by atoms with E-state index in [1.165, 1.54) is 44.9 Å². The van der Waals surface area contributed by atoms with Crippen LogP contribution in [-0.4, -0.2) is 112 Å². The Morgan fingerprint density at radius 3 is 2.24 bits per heavy atom. The highest BCUT2D eigenvalue weighted by Crippen LogP contribution is 2.54. The molecule has 0 bridgehead atoms. The molecule has 0 aliphatic carbocycles. The third-order valence-corrected chi connectivity index (χ3v) is 13.7. The fraction of sp³-hybridized carbons (Fsp3) is 0.933. The minimum absolute atomic E-state index is 0.0427. The molecular weight excluding hydrogens is 737 g/mol. The number of hydrogen-bond donors (Lipinski definition) is 5. The first kappa shape index (κ1) is 47.0. The largest absolute Gasteiger partial charge is 0.465 e. The summed E-state index contributed by atoms with van der Waals surface area (Å²) in [5, 5.41) is 26.4. The van der Waals surface area contributed by atoms with Crippen LogP contribution in [0.25, 0.3) is 0 Å². The van der Waals surface area contributed by atoms with E-state index >= 15 is 0 Å². The van der Waals surface area contributed by atoms with Gasteiger partial charge in [-0.3, -0.25) is 9.59 Å². The first-order valence-corrected chi connectivity index (χ1v) is 23.9. The van der Waals surface area contributed by atoms with E-state index in [4.69, 9.17) is 30.7 Å². The van der Waals surface area contributed by atoms with E-state index in [2.05, 4.69) is 12.2 Å². The number of guanidine groups is 1. The van der Waals surface area contributed by atoms with E-state index < -0.39 is 29.2 Å². The third-order valence-electron chi connectivity index (χ3n) is 13.7. The molecule has 7 N–H and O–H groups in total. The summed E-state index contributed by atoms with van der Waals surface area (Å²) in [5.74, 6) is -0.539. The number of esters is 1. The molecule has 1 amide bonds. The molecule has 8 atom stereocenters. The Balaban J connectivity index is 0.964. The molecule has 0 aromatic heterocycles. The van der Waals surface area contributed by atoms with Gasteiger partial charge in [0.15, 0.2) is 17.4 Å². The highest BCUT2D eigenvalue weighted by Gasteiger charge is 2.69. The van der Waals surface area contributed by atoms with Crippen LogP contribution >= 0.6 is 0 Å². The minimum atomic E-state index is -1.41. The van der Waals surface area contributed by atoms with Crippen LogP contribution in [0.4, 0.5) is 0 Å². The maximum absolute atomic E-state index is 14.1. The zero-order chi connectivity index (χ0) is 41.4. The highest BCUT2D eigenvalue weighted by atomic mass is 16.6. The number of aliphatic hydroxyl groups is 2. The molecule has 13 nitrogen and oxygen atoms in total. The lowest BCUT2D eigenvalue weighted by Crippen LogP contribution is -2.75. The van der Waals surface area contributed by atoms with Crippen molar-refractivity contribution >= 4 is 17.8 Å². The van der Waals surface area contributed by atoms with Crippen molar-refractivity contribution in [3.8, 4) is 0 Å². The zero-order valence-corrected chi connectivity index (χ0v) is 36.4. The van der Waals surface area contributed by atoms with Crippen LogP contribution in [0.15, 0.2) is 4.99 Å². The van der Waals surface area contributed by atoms with Crippen LogP contribution in [0, 0.1) is 5.92 Å². The average Bonchev–Trinajstić information content (AvgIpc) is 3.40. The van der Waals surface area contributed by atoms with E-state index in [1.54, 1.807) is 4.90 Å². The maximum atomic E-state index is 14.1. The number of unbranched alkanes of at least 4 members (excludes halogenated alkanes) is 12. The van der Waals surface area contributed by atoms with E-state index in [0.29, 0.717) is 64.4 Å². The number of rotatable bonds is 25. The van der Waals surface area contributed by atoms with Crippen LogP contribution in [0.2, 0.25) is 0 Å². The molecule has 5 heterocycles. The Labute approximate surface area is 350 Å². The molecule has 334 valence electrons. The number of amides is 1. The molecule has 4 fully saturated rings. The summed E-state index contributed by atoms with van der Waals surface area (Å²) in [6.45, 7) is 6.48. The molecule has 0 unspecified atom stereocenters. The molecule has 2 spiro atoms. The van der Waals surface area contributed by atoms with Crippen molar-refractivity contribution in [3.63, 3.8) is 0 Å². The van der Waals surface area contributed by atoms with E-state index in [1.807, 2.05) is 11.8 Å². The fourth-order valence-electron chi connectivity index (χ4n) is 10.6. The lowest BCUT2D eigenvalue weighted by molar-refractivity contribution is -0.244. The van der Waals surface area contributed by atoms with Crippen LogP contribution < -0.4 is 16.8 Å². The number of nitrogens with one attached hydrogen (secondary N) is 1. The van der Waals surface area contributed by atoms with Gasteiger partial charge in [-0.25, -0.2) is 4.99 Å². The van der Waals surface area contributed by atoms with E-state index in [0.717, 1.165) is 103 Å². The summed E-state index contributed by atoms with van der Waals surface area (Å²) in [6.07, 6.45) is 25.6. The van der Waals surface area contributed by atoms with Crippen molar-refractivity contribution in [1.82, 2.24) is 15.1 Å². The molecule has 0 saturated carbocycles. The summed E-state index contributed by atoms with van der Waals surface area (Å²) >= 11 is 0. The zero-order valence-electron chi connectivity index (χ0n) is 36.4. The number of nitrogens with zero attached hydrogens (tertiary/aromatic N) is 3. The molecule has 4 saturated heterocycles. The Morgan fingerprint density at radius 1 is 0.897 bits per heavy atom. The fourth-order valence-corrected chi connectivity index (χ4v) is 10.6. The van der Waals surface area contributed by atoms with Crippen molar-refractivity contribution < 1.29 is 34.0 Å². The van der Waals surface area contributed by atoms with Crippen molar-refractivity contribution in [2.45, 2.75) is 229 Å². The third kappa shape index (κ3) is 12.5. The van der Waals surface area contributed by atoms with E-state index in [-0.39, 0.29) is 30.1 Å². The van der Waals surface area contributed by atoms with E-state index in [9.17, 15) is 19.8 Å². The van der Waals surface area contributed by atoms with Crippen molar-refractivity contribution in [3.05, 3.63) is 0 Å². The summed E-state index contributed by atoms with van der Waals surface area (Å²) in [4.78, 5) is 35.8. The second-order valence-electron chi connectivity index (χ2n) is 18.4. The smallest absolute Gasteiger partial charge is 0.318 e. The molecule has 0 aromatic rings. The number of carbonyl (C=O) groups excluding carboxylic acids is 2. The van der Waals surface area contributed by atoms with Gasteiger partial charge in [-0.1, -0.05) is 84.0 Å². The summed E-state index contributed by atoms with van der Waals surface area (Å²) in [7, 11) is 0. The molecule has 5 aliphatic heterocycles. The van der Waals surface area contributed by atoms with Gasteiger partial charge in [-0.2, -0.15) is 0 Å². The predicted octanol–water partition coefficient (Wildman–Crippen LogP) is 6.36. The van der Waals surface area contributed by atoms with Gasteiger partial charge in [-0.15, -0.1) is 0 Å². The van der Waals surface area contributed by atoms with Gasteiger partial charge in [0, 0.05) is 32.0 Å². The number of nitrogens with two attached hydrogens (primary N) is 2. The predicted molar refractivity (Wildman–Crippen MR) is 228 cm³/mol. The summed E-state index contributed by atoms with van der Waals surface area (Å²) in [5.41, 5.74) is 8.12. The molecule has 0 aromatic carbocycles. The van der Waals surface area contributed by atoms with Gasteiger partial charge < -0.3 is 51.0 Å². The number of carbonyl (C=O) groups is 2. The second kappa shape index (κ2) is 23.3. The van der Waals surface area contributed by atoms with Gasteiger partial charge in [0.25, 0.3) is 0 Å². The minimum Gasteiger partial charge on any atom is -0.465 e. The Kier molecular flexibility index (Phi) is 18.9. The first-order valence-electron chi connectivity index (χ1n) is 23.9. The van der Waals surface area contributed by atoms with Gasteiger partial charge in [0.1, 0.15) is 5.72 Å². The SMILES string of the molecule is CC[C@H]1CCCC[C@@]2(C[C@@H]3CC[C@]4(O)[C@H](C(=O)OCCCCCCCCCCCCCCCC(=O)N(CCCN)C[C@@H](O)CCN)[C@]5(CCC[C@@H](C)O5)N=C(N2)N34)O1. The van der Waals surface area contributed by atoms with Gasteiger partial charge in [0.2, 0.25) is 11.9 Å². The van der Waals surface area contributed by atoms with Crippen molar-refractivity contribution in [1.29, 1.82) is 0 Å². The topological polar surface area (TPSA) is 185 Å². The Hall–Kier alpha value is -2.03. The molecule has 5 rings (SSSR count). The lowest BCUT2D eigenvalue weighted by Gasteiger charge is -2.58. The Morgan fingerprint density at radius 2 is 1.59 bits per heavy atom. The number of aliphatic imine (C=N–C) groups is 1. The van der Waals surface area contributed by atoms with Gasteiger partial charge >= 0.3 is 5.97 Å². The van der Waals surface area contributed by atoms with Crippen LogP contribution in [0.1, 0.15) is 187 Å². The number of aliphatic hydroxyl groups excluding tert-OH is 1. The van der Waals surface area contributed by atoms with Crippen molar-refractivity contribution in [2.24, 2.45) is 22.4 Å². The molecule has 58 heavy (non-hydrogen) atoms. The lowest BCUT2D eigenvalue weighted by atomic mass is 9.78. The monoisotopic (exact) mass is 819 g/mol. The average molecular weight is 819 g/mol. The van der Waals surface area contributed by atoms with Crippen LogP contribution in [-0.2, 0) is 23.8 Å². The number of ether oxygens (including phenoxy) is 3. The molecular formula is C45H82N6O7. The molecule has 13 heteroatoms.